The van der Waals surface area contributed by atoms with Crippen LogP contribution in [-0.4, -0.2) is 33.5 Å². The van der Waals surface area contributed by atoms with Gasteiger partial charge in [-0.2, -0.15) is 0 Å². The van der Waals surface area contributed by atoms with Crippen molar-refractivity contribution in [1.82, 2.24) is 9.88 Å². The highest BCUT2D eigenvalue weighted by Gasteiger charge is 2.38. The summed E-state index contributed by atoms with van der Waals surface area (Å²) in [5.41, 5.74) is 0.986. The van der Waals surface area contributed by atoms with E-state index in [9.17, 15) is 9.90 Å². The maximum atomic E-state index is 11.6. The molecule has 0 saturated carbocycles. The topological polar surface area (TPSA) is 53.4 Å². The molecular formula is C17H16N2O2S2. The van der Waals surface area contributed by atoms with E-state index in [1.165, 1.54) is 0 Å². The molecule has 0 radical (unpaired) electrons. The lowest BCUT2D eigenvalue weighted by Gasteiger charge is -2.28. The Morgan fingerprint density at radius 2 is 2.17 bits per heavy atom. The summed E-state index contributed by atoms with van der Waals surface area (Å²) >= 11 is 3.33. The maximum absolute atomic E-state index is 11.6. The van der Waals surface area contributed by atoms with Gasteiger partial charge in [-0.05, 0) is 36.4 Å². The molecule has 0 aliphatic carbocycles. The minimum absolute atomic E-state index is 0.0593. The van der Waals surface area contributed by atoms with Gasteiger partial charge in [0, 0.05) is 11.4 Å². The number of carbonyl (C=O) groups is 1. The lowest BCUT2D eigenvalue weighted by atomic mass is 10.1. The number of rotatable bonds is 4. The number of aromatic nitrogens is 1. The number of aliphatic carboxylic acids is 1. The summed E-state index contributed by atoms with van der Waals surface area (Å²) in [6.07, 6.45) is 1.63. The van der Waals surface area contributed by atoms with Crippen molar-refractivity contribution in [3.8, 4) is 0 Å². The largest absolute Gasteiger partial charge is 0.480 e. The summed E-state index contributed by atoms with van der Waals surface area (Å²) in [5, 5.41) is 12.6. The van der Waals surface area contributed by atoms with E-state index in [2.05, 4.69) is 17.0 Å². The third-order valence-electron chi connectivity index (χ3n) is 4.27. The fourth-order valence-corrected chi connectivity index (χ4v) is 5.27. The van der Waals surface area contributed by atoms with Crippen molar-refractivity contribution in [1.29, 1.82) is 0 Å². The molecule has 1 aliphatic heterocycles. The quantitative estimate of drug-likeness (QED) is 0.777. The average molecular weight is 344 g/mol. The second-order valence-electron chi connectivity index (χ2n) is 5.67. The molecule has 6 heteroatoms. The van der Waals surface area contributed by atoms with Gasteiger partial charge in [0.2, 0.25) is 0 Å². The molecule has 23 heavy (non-hydrogen) atoms. The molecule has 1 saturated heterocycles. The second-order valence-corrected chi connectivity index (χ2v) is 7.71. The molecule has 3 heterocycles. The van der Waals surface area contributed by atoms with Gasteiger partial charge >= 0.3 is 5.97 Å². The van der Waals surface area contributed by atoms with Crippen molar-refractivity contribution >= 4 is 38.9 Å². The molecule has 0 bridgehead atoms. The summed E-state index contributed by atoms with van der Waals surface area (Å²) in [6.45, 7) is 0.801. The molecule has 1 fully saturated rings. The number of benzene rings is 1. The van der Waals surface area contributed by atoms with Crippen molar-refractivity contribution in [2.45, 2.75) is 24.9 Å². The van der Waals surface area contributed by atoms with Crippen LogP contribution in [0.25, 0.3) is 10.2 Å². The van der Waals surface area contributed by atoms with Crippen LogP contribution in [0, 0.1) is 0 Å². The van der Waals surface area contributed by atoms with E-state index in [-0.39, 0.29) is 6.04 Å². The van der Waals surface area contributed by atoms with Gasteiger partial charge in [-0.15, -0.1) is 22.7 Å². The van der Waals surface area contributed by atoms with Gasteiger partial charge in [-0.3, -0.25) is 9.69 Å². The first kappa shape index (κ1) is 14.8. The van der Waals surface area contributed by atoms with Gasteiger partial charge in [0.05, 0.1) is 16.3 Å². The van der Waals surface area contributed by atoms with Crippen LogP contribution in [0.4, 0.5) is 0 Å². The first-order chi connectivity index (χ1) is 11.2. The zero-order valence-electron chi connectivity index (χ0n) is 12.4. The molecular weight excluding hydrogens is 328 g/mol. The Kier molecular flexibility index (Phi) is 3.88. The number of likely N-dealkylation sites (tertiary alicyclic amines) is 1. The second kappa shape index (κ2) is 6.03. The molecule has 3 aromatic rings. The number of hydrogen-bond donors (Lipinski definition) is 1. The van der Waals surface area contributed by atoms with Crippen LogP contribution in [0.2, 0.25) is 0 Å². The normalized spacial score (nSPS) is 20.1. The molecule has 4 rings (SSSR count). The Balaban J connectivity index is 1.81. The van der Waals surface area contributed by atoms with E-state index < -0.39 is 12.0 Å². The van der Waals surface area contributed by atoms with Gasteiger partial charge in [0.1, 0.15) is 11.0 Å². The lowest BCUT2D eigenvalue weighted by Crippen LogP contribution is -2.38. The summed E-state index contributed by atoms with van der Waals surface area (Å²) in [7, 11) is 0. The van der Waals surface area contributed by atoms with E-state index >= 15 is 0 Å². The molecule has 2 aromatic heterocycles. The molecule has 2 atom stereocenters. The van der Waals surface area contributed by atoms with Crippen LogP contribution in [0.5, 0.6) is 0 Å². The summed E-state index contributed by atoms with van der Waals surface area (Å²) in [6, 6.07) is 11.7. The van der Waals surface area contributed by atoms with Crippen molar-refractivity contribution < 1.29 is 9.90 Å². The molecule has 4 nitrogen and oxygen atoms in total. The number of hydrogen-bond acceptors (Lipinski definition) is 5. The highest BCUT2D eigenvalue weighted by Crippen LogP contribution is 2.39. The highest BCUT2D eigenvalue weighted by atomic mass is 32.1. The predicted octanol–water partition coefficient (Wildman–Crippen LogP) is 4.00. The Morgan fingerprint density at radius 1 is 1.30 bits per heavy atom. The standard InChI is InChI=1S/C17H16N2O2S2/c20-17(21)12-6-3-9-19(12)15(14-8-4-10-22-14)16-18-11-5-1-2-7-13(11)23-16/h1-2,4-5,7-8,10,12,15H,3,6,9H2,(H,20,21). The number of carboxylic acids is 1. The summed E-state index contributed by atoms with van der Waals surface area (Å²) in [4.78, 5) is 19.7. The van der Waals surface area contributed by atoms with Crippen molar-refractivity contribution in [3.63, 3.8) is 0 Å². The van der Waals surface area contributed by atoms with E-state index in [4.69, 9.17) is 4.98 Å². The Bertz CT molecular complexity index is 795. The third kappa shape index (κ3) is 2.67. The van der Waals surface area contributed by atoms with Crippen LogP contribution < -0.4 is 0 Å². The zero-order valence-corrected chi connectivity index (χ0v) is 14.0. The van der Waals surface area contributed by atoms with Crippen molar-refractivity contribution in [2.75, 3.05) is 6.54 Å². The molecule has 1 aromatic carbocycles. The molecule has 118 valence electrons. The predicted molar refractivity (Wildman–Crippen MR) is 93.1 cm³/mol. The number of nitrogens with zero attached hydrogens (tertiary/aromatic N) is 2. The van der Waals surface area contributed by atoms with Crippen molar-refractivity contribution in [3.05, 3.63) is 51.7 Å². The smallest absolute Gasteiger partial charge is 0.320 e. The molecule has 1 N–H and O–H groups in total. The Labute approximate surface area is 142 Å². The third-order valence-corrected chi connectivity index (χ3v) is 6.28. The van der Waals surface area contributed by atoms with Gasteiger partial charge in [0.15, 0.2) is 0 Å². The zero-order chi connectivity index (χ0) is 15.8. The van der Waals surface area contributed by atoms with Gasteiger partial charge in [-0.25, -0.2) is 4.98 Å². The number of thiazole rings is 1. The lowest BCUT2D eigenvalue weighted by molar-refractivity contribution is -0.142. The molecule has 2 unspecified atom stereocenters. The molecule has 0 spiro atoms. The van der Waals surface area contributed by atoms with Crippen LogP contribution >= 0.6 is 22.7 Å². The minimum atomic E-state index is -0.731. The Morgan fingerprint density at radius 3 is 2.91 bits per heavy atom. The average Bonchev–Trinajstić information content (AvgIpc) is 3.28. The first-order valence-corrected chi connectivity index (χ1v) is 9.31. The first-order valence-electron chi connectivity index (χ1n) is 7.61. The molecule has 0 amide bonds. The van der Waals surface area contributed by atoms with Crippen molar-refractivity contribution in [2.24, 2.45) is 0 Å². The van der Waals surface area contributed by atoms with Crippen LogP contribution in [0.15, 0.2) is 41.8 Å². The van der Waals surface area contributed by atoms with E-state index in [0.717, 1.165) is 33.1 Å². The maximum Gasteiger partial charge on any atom is 0.320 e. The van der Waals surface area contributed by atoms with Crippen LogP contribution in [0.1, 0.15) is 28.8 Å². The SMILES string of the molecule is O=C(O)C1CCCN1C(c1cccs1)c1nc2ccccc2s1. The summed E-state index contributed by atoms with van der Waals surface area (Å²) in [5.74, 6) is -0.731. The van der Waals surface area contributed by atoms with Crippen LogP contribution in [-0.2, 0) is 4.79 Å². The number of carboxylic acid groups (broad SMARTS) is 1. The number of thiophene rings is 1. The van der Waals surface area contributed by atoms with Crippen LogP contribution in [0.3, 0.4) is 0 Å². The highest BCUT2D eigenvalue weighted by molar-refractivity contribution is 7.18. The monoisotopic (exact) mass is 344 g/mol. The van der Waals surface area contributed by atoms with Gasteiger partial charge < -0.3 is 5.11 Å². The fourth-order valence-electron chi connectivity index (χ4n) is 3.24. The van der Waals surface area contributed by atoms with E-state index in [1.807, 2.05) is 29.6 Å². The molecule has 1 aliphatic rings. The van der Waals surface area contributed by atoms with Gasteiger partial charge in [0.25, 0.3) is 0 Å². The number of para-hydroxylation sites is 1. The fraction of sp³-hybridized carbons (Fsp3) is 0.294. The van der Waals surface area contributed by atoms with E-state index in [0.29, 0.717) is 6.42 Å². The Hall–Kier alpha value is -1.76. The van der Waals surface area contributed by atoms with Gasteiger partial charge in [-0.1, -0.05) is 18.2 Å². The van der Waals surface area contributed by atoms with E-state index in [1.54, 1.807) is 22.7 Å². The summed E-state index contributed by atoms with van der Waals surface area (Å²) < 4.78 is 1.15. The number of fused-ring (bicyclic) bond motifs is 1. The minimum Gasteiger partial charge on any atom is -0.480 e.